The minimum absolute atomic E-state index is 0.493. The summed E-state index contributed by atoms with van der Waals surface area (Å²) < 4.78 is 2.15. The van der Waals surface area contributed by atoms with E-state index in [9.17, 15) is 0 Å². The van der Waals surface area contributed by atoms with Gasteiger partial charge in [0.1, 0.15) is 12.2 Å². The SMILES string of the molecule is CCc1nncn1CCN[C@@H]1CCN([C@H](C)c2ccccc2)C1. The van der Waals surface area contributed by atoms with Gasteiger partial charge in [-0.1, -0.05) is 37.3 Å². The summed E-state index contributed by atoms with van der Waals surface area (Å²) in [5, 5.41) is 11.8. The van der Waals surface area contributed by atoms with Crippen LogP contribution in [0.3, 0.4) is 0 Å². The molecule has 0 spiro atoms. The average Bonchev–Trinajstić information content (AvgIpc) is 3.24. The number of hydrogen-bond acceptors (Lipinski definition) is 4. The number of aromatic nitrogens is 3. The molecule has 0 bridgehead atoms. The quantitative estimate of drug-likeness (QED) is 0.852. The summed E-state index contributed by atoms with van der Waals surface area (Å²) >= 11 is 0. The fourth-order valence-corrected chi connectivity index (χ4v) is 3.38. The molecule has 0 aliphatic carbocycles. The topological polar surface area (TPSA) is 46.0 Å². The van der Waals surface area contributed by atoms with Gasteiger partial charge >= 0.3 is 0 Å². The molecule has 1 aromatic heterocycles. The molecule has 124 valence electrons. The number of aryl methyl sites for hydroxylation is 1. The molecular weight excluding hydrogens is 286 g/mol. The van der Waals surface area contributed by atoms with E-state index in [-0.39, 0.29) is 0 Å². The Morgan fingerprint density at radius 2 is 2.13 bits per heavy atom. The fraction of sp³-hybridized carbons (Fsp3) is 0.556. The van der Waals surface area contributed by atoms with Crippen molar-refractivity contribution < 1.29 is 0 Å². The summed E-state index contributed by atoms with van der Waals surface area (Å²) in [7, 11) is 0. The monoisotopic (exact) mass is 313 g/mol. The number of benzene rings is 1. The molecule has 1 N–H and O–H groups in total. The molecule has 3 rings (SSSR count). The minimum Gasteiger partial charge on any atom is -0.316 e. The summed E-state index contributed by atoms with van der Waals surface area (Å²) in [6.07, 6.45) is 3.99. The molecule has 5 nitrogen and oxygen atoms in total. The van der Waals surface area contributed by atoms with Gasteiger partial charge in [-0.05, 0) is 18.9 Å². The van der Waals surface area contributed by atoms with E-state index in [1.807, 2.05) is 6.33 Å². The molecule has 0 amide bonds. The maximum atomic E-state index is 4.13. The van der Waals surface area contributed by atoms with E-state index in [2.05, 4.69) is 69.2 Å². The van der Waals surface area contributed by atoms with Crippen LogP contribution in [0.4, 0.5) is 0 Å². The van der Waals surface area contributed by atoms with E-state index in [1.165, 1.54) is 18.5 Å². The number of nitrogens with one attached hydrogen (secondary N) is 1. The van der Waals surface area contributed by atoms with Crippen molar-refractivity contribution in [2.45, 2.75) is 45.3 Å². The molecule has 1 aliphatic heterocycles. The van der Waals surface area contributed by atoms with Gasteiger partial charge in [-0.25, -0.2) is 0 Å². The lowest BCUT2D eigenvalue weighted by Gasteiger charge is -2.25. The standard InChI is InChI=1S/C18H27N5/c1-3-18-21-20-14-23(18)12-10-19-17-9-11-22(13-17)15(2)16-7-5-4-6-8-16/h4-8,14-15,17,19H,3,9-13H2,1-2H3/t15-,17-/m1/s1. The lowest BCUT2D eigenvalue weighted by Crippen LogP contribution is -2.35. The Morgan fingerprint density at radius 1 is 1.30 bits per heavy atom. The number of rotatable bonds is 7. The van der Waals surface area contributed by atoms with E-state index in [1.54, 1.807) is 0 Å². The summed E-state index contributed by atoms with van der Waals surface area (Å²) in [4.78, 5) is 2.57. The van der Waals surface area contributed by atoms with Crippen LogP contribution in [0.25, 0.3) is 0 Å². The van der Waals surface area contributed by atoms with Gasteiger partial charge < -0.3 is 9.88 Å². The largest absolute Gasteiger partial charge is 0.316 e. The third kappa shape index (κ3) is 3.98. The maximum Gasteiger partial charge on any atom is 0.132 e. The van der Waals surface area contributed by atoms with Crippen LogP contribution in [0.15, 0.2) is 36.7 Å². The van der Waals surface area contributed by atoms with Crippen LogP contribution in [0, 0.1) is 0 Å². The number of likely N-dealkylation sites (tertiary alicyclic amines) is 1. The van der Waals surface area contributed by atoms with Gasteiger partial charge in [0.2, 0.25) is 0 Å². The number of nitrogens with zero attached hydrogens (tertiary/aromatic N) is 4. The first-order valence-electron chi connectivity index (χ1n) is 8.67. The Labute approximate surface area is 138 Å². The molecular formula is C18H27N5. The smallest absolute Gasteiger partial charge is 0.132 e. The van der Waals surface area contributed by atoms with E-state index in [4.69, 9.17) is 0 Å². The second kappa shape index (κ2) is 7.70. The van der Waals surface area contributed by atoms with Gasteiger partial charge in [-0.2, -0.15) is 0 Å². The van der Waals surface area contributed by atoms with Crippen molar-refractivity contribution in [3.63, 3.8) is 0 Å². The van der Waals surface area contributed by atoms with Gasteiger partial charge in [0, 0.05) is 44.7 Å². The molecule has 2 atom stereocenters. The molecule has 0 radical (unpaired) electrons. The van der Waals surface area contributed by atoms with Crippen molar-refractivity contribution in [3.05, 3.63) is 48.0 Å². The molecule has 2 heterocycles. The average molecular weight is 313 g/mol. The van der Waals surface area contributed by atoms with Crippen LogP contribution in [0.1, 0.15) is 37.7 Å². The Kier molecular flexibility index (Phi) is 5.41. The van der Waals surface area contributed by atoms with Crippen molar-refractivity contribution in [2.24, 2.45) is 0 Å². The van der Waals surface area contributed by atoms with Crippen molar-refractivity contribution in [1.82, 2.24) is 25.0 Å². The third-order valence-corrected chi connectivity index (χ3v) is 4.85. The van der Waals surface area contributed by atoms with Crippen LogP contribution >= 0.6 is 0 Å². The second-order valence-electron chi connectivity index (χ2n) is 6.32. The molecule has 2 aromatic rings. The van der Waals surface area contributed by atoms with Gasteiger partial charge in [-0.3, -0.25) is 4.90 Å². The van der Waals surface area contributed by atoms with Crippen LogP contribution in [-0.4, -0.2) is 45.3 Å². The zero-order valence-electron chi connectivity index (χ0n) is 14.2. The molecule has 0 saturated carbocycles. The maximum absolute atomic E-state index is 4.13. The molecule has 1 saturated heterocycles. The predicted octanol–water partition coefficient (Wildman–Crippen LogP) is 2.27. The molecule has 23 heavy (non-hydrogen) atoms. The van der Waals surface area contributed by atoms with Gasteiger partial charge in [-0.15, -0.1) is 10.2 Å². The van der Waals surface area contributed by atoms with Crippen LogP contribution in [0.5, 0.6) is 0 Å². The molecule has 0 unspecified atom stereocenters. The summed E-state index contributed by atoms with van der Waals surface area (Å²) in [5.41, 5.74) is 1.41. The lowest BCUT2D eigenvalue weighted by molar-refractivity contribution is 0.255. The highest BCUT2D eigenvalue weighted by Gasteiger charge is 2.26. The minimum atomic E-state index is 0.493. The van der Waals surface area contributed by atoms with E-state index >= 15 is 0 Å². The highest BCUT2D eigenvalue weighted by Crippen LogP contribution is 2.24. The Hall–Kier alpha value is -1.72. The van der Waals surface area contributed by atoms with Crippen molar-refractivity contribution >= 4 is 0 Å². The molecule has 1 aromatic carbocycles. The summed E-state index contributed by atoms with van der Waals surface area (Å²) in [6, 6.07) is 11.9. The van der Waals surface area contributed by atoms with E-state index < -0.39 is 0 Å². The second-order valence-corrected chi connectivity index (χ2v) is 6.32. The summed E-state index contributed by atoms with van der Waals surface area (Å²) in [5.74, 6) is 1.07. The first-order chi connectivity index (χ1) is 11.3. The predicted molar refractivity (Wildman–Crippen MR) is 92.2 cm³/mol. The first kappa shape index (κ1) is 16.1. The van der Waals surface area contributed by atoms with E-state index in [0.717, 1.165) is 31.9 Å². The highest BCUT2D eigenvalue weighted by molar-refractivity contribution is 5.18. The highest BCUT2D eigenvalue weighted by atomic mass is 15.3. The normalized spacial score (nSPS) is 20.0. The van der Waals surface area contributed by atoms with E-state index in [0.29, 0.717) is 12.1 Å². The fourth-order valence-electron chi connectivity index (χ4n) is 3.38. The molecule has 1 aliphatic rings. The Balaban J connectivity index is 1.45. The molecule has 5 heteroatoms. The third-order valence-electron chi connectivity index (χ3n) is 4.85. The zero-order chi connectivity index (χ0) is 16.1. The summed E-state index contributed by atoms with van der Waals surface area (Å²) in [6.45, 7) is 8.64. The van der Waals surface area contributed by atoms with Crippen LogP contribution in [0.2, 0.25) is 0 Å². The first-order valence-corrected chi connectivity index (χ1v) is 8.67. The number of hydrogen-bond donors (Lipinski definition) is 1. The van der Waals surface area contributed by atoms with Gasteiger partial charge in [0.05, 0.1) is 0 Å². The van der Waals surface area contributed by atoms with Crippen molar-refractivity contribution in [1.29, 1.82) is 0 Å². The zero-order valence-corrected chi connectivity index (χ0v) is 14.2. The van der Waals surface area contributed by atoms with Crippen molar-refractivity contribution in [3.8, 4) is 0 Å². The Morgan fingerprint density at radius 3 is 2.91 bits per heavy atom. The molecule has 1 fully saturated rings. The Bertz CT molecular complexity index is 594. The van der Waals surface area contributed by atoms with Crippen LogP contribution in [-0.2, 0) is 13.0 Å². The lowest BCUT2D eigenvalue weighted by atomic mass is 10.1. The van der Waals surface area contributed by atoms with Gasteiger partial charge in [0.15, 0.2) is 0 Å². The van der Waals surface area contributed by atoms with Gasteiger partial charge in [0.25, 0.3) is 0 Å². The van der Waals surface area contributed by atoms with Crippen molar-refractivity contribution in [2.75, 3.05) is 19.6 Å². The van der Waals surface area contributed by atoms with Crippen LogP contribution < -0.4 is 5.32 Å².